The molecule has 3 rings (SSSR count). The Bertz CT molecular complexity index is 581. The van der Waals surface area contributed by atoms with E-state index in [1.54, 1.807) is 0 Å². The molecule has 3 nitrogen and oxygen atoms in total. The third-order valence-electron chi connectivity index (χ3n) is 3.54. The van der Waals surface area contributed by atoms with Crippen molar-refractivity contribution in [1.29, 1.82) is 0 Å². The number of hydrogen-bond donors (Lipinski definition) is 1. The van der Waals surface area contributed by atoms with Crippen molar-refractivity contribution in [3.63, 3.8) is 0 Å². The second-order valence-corrected chi connectivity index (χ2v) is 4.87. The van der Waals surface area contributed by atoms with Gasteiger partial charge in [0, 0.05) is 11.3 Å². The van der Waals surface area contributed by atoms with Crippen LogP contribution in [-0.4, -0.2) is 9.78 Å². The molecule has 1 aromatic heterocycles. The lowest BCUT2D eigenvalue weighted by Crippen LogP contribution is -2.04. The molecule has 0 amide bonds. The SMILES string of the molecule is Cc1ccc(-n2nc(N)c3c2CCC3)c(C)c1. The molecule has 0 bridgehead atoms. The summed E-state index contributed by atoms with van der Waals surface area (Å²) in [4.78, 5) is 0. The van der Waals surface area contributed by atoms with E-state index < -0.39 is 0 Å². The van der Waals surface area contributed by atoms with Gasteiger partial charge < -0.3 is 5.73 Å². The molecular formula is C14H17N3. The maximum Gasteiger partial charge on any atom is 0.149 e. The lowest BCUT2D eigenvalue weighted by molar-refractivity contribution is 0.784. The number of nitrogens with zero attached hydrogens (tertiary/aromatic N) is 2. The van der Waals surface area contributed by atoms with Gasteiger partial charge in [0.1, 0.15) is 5.82 Å². The third-order valence-corrected chi connectivity index (χ3v) is 3.54. The van der Waals surface area contributed by atoms with Gasteiger partial charge >= 0.3 is 0 Å². The van der Waals surface area contributed by atoms with Gasteiger partial charge in [-0.25, -0.2) is 4.68 Å². The van der Waals surface area contributed by atoms with E-state index in [0.29, 0.717) is 5.82 Å². The molecule has 0 fully saturated rings. The van der Waals surface area contributed by atoms with E-state index in [2.05, 4.69) is 37.1 Å². The fourth-order valence-electron chi connectivity index (χ4n) is 2.71. The molecule has 1 heterocycles. The van der Waals surface area contributed by atoms with Gasteiger partial charge in [0.25, 0.3) is 0 Å². The fourth-order valence-corrected chi connectivity index (χ4v) is 2.71. The fraction of sp³-hybridized carbons (Fsp3) is 0.357. The number of aromatic nitrogens is 2. The Morgan fingerprint density at radius 2 is 2.06 bits per heavy atom. The van der Waals surface area contributed by atoms with Crippen molar-refractivity contribution in [1.82, 2.24) is 9.78 Å². The van der Waals surface area contributed by atoms with Crippen LogP contribution in [0.15, 0.2) is 18.2 Å². The molecule has 0 atom stereocenters. The summed E-state index contributed by atoms with van der Waals surface area (Å²) >= 11 is 0. The van der Waals surface area contributed by atoms with Crippen molar-refractivity contribution in [2.75, 3.05) is 5.73 Å². The minimum Gasteiger partial charge on any atom is -0.382 e. The molecule has 0 spiro atoms. The summed E-state index contributed by atoms with van der Waals surface area (Å²) in [7, 11) is 0. The van der Waals surface area contributed by atoms with Gasteiger partial charge in [-0.3, -0.25) is 0 Å². The summed E-state index contributed by atoms with van der Waals surface area (Å²) in [5, 5.41) is 4.49. The molecule has 2 aromatic rings. The van der Waals surface area contributed by atoms with Gasteiger partial charge in [-0.05, 0) is 44.7 Å². The molecule has 0 radical (unpaired) electrons. The number of nitrogens with two attached hydrogens (primary N) is 1. The van der Waals surface area contributed by atoms with Gasteiger partial charge in [-0.15, -0.1) is 0 Å². The van der Waals surface area contributed by atoms with Gasteiger partial charge in [0.05, 0.1) is 5.69 Å². The zero-order chi connectivity index (χ0) is 12.0. The predicted molar refractivity (Wildman–Crippen MR) is 69.5 cm³/mol. The summed E-state index contributed by atoms with van der Waals surface area (Å²) in [6.45, 7) is 4.24. The van der Waals surface area contributed by atoms with Crippen molar-refractivity contribution >= 4 is 5.82 Å². The summed E-state index contributed by atoms with van der Waals surface area (Å²) in [6.07, 6.45) is 3.36. The van der Waals surface area contributed by atoms with E-state index in [4.69, 9.17) is 5.73 Å². The number of anilines is 1. The van der Waals surface area contributed by atoms with Crippen molar-refractivity contribution in [2.24, 2.45) is 0 Å². The number of benzene rings is 1. The number of nitrogen functional groups attached to an aromatic ring is 1. The van der Waals surface area contributed by atoms with Crippen LogP contribution in [0.4, 0.5) is 5.82 Å². The van der Waals surface area contributed by atoms with Crippen LogP contribution in [0, 0.1) is 13.8 Å². The van der Waals surface area contributed by atoms with Gasteiger partial charge in [-0.2, -0.15) is 5.10 Å². The molecular weight excluding hydrogens is 210 g/mol. The van der Waals surface area contributed by atoms with E-state index in [-0.39, 0.29) is 0 Å². The van der Waals surface area contributed by atoms with Crippen molar-refractivity contribution in [2.45, 2.75) is 33.1 Å². The molecule has 1 aliphatic rings. The number of aryl methyl sites for hydroxylation is 2. The van der Waals surface area contributed by atoms with E-state index >= 15 is 0 Å². The summed E-state index contributed by atoms with van der Waals surface area (Å²) in [5.41, 5.74) is 12.2. The highest BCUT2D eigenvalue weighted by Crippen LogP contribution is 2.30. The molecule has 17 heavy (non-hydrogen) atoms. The first-order chi connectivity index (χ1) is 8.16. The number of rotatable bonds is 1. The average molecular weight is 227 g/mol. The third kappa shape index (κ3) is 1.54. The Morgan fingerprint density at radius 3 is 2.82 bits per heavy atom. The van der Waals surface area contributed by atoms with Crippen molar-refractivity contribution in [3.05, 3.63) is 40.6 Å². The Labute approximate surface area is 101 Å². The monoisotopic (exact) mass is 227 g/mol. The lowest BCUT2D eigenvalue weighted by atomic mass is 10.1. The molecule has 0 aliphatic heterocycles. The van der Waals surface area contributed by atoms with Crippen LogP contribution in [0.3, 0.4) is 0 Å². The number of hydrogen-bond acceptors (Lipinski definition) is 2. The summed E-state index contributed by atoms with van der Waals surface area (Å²) < 4.78 is 2.03. The Hall–Kier alpha value is -1.77. The first kappa shape index (κ1) is 10.4. The molecule has 1 aliphatic carbocycles. The van der Waals surface area contributed by atoms with Crippen LogP contribution < -0.4 is 5.73 Å². The van der Waals surface area contributed by atoms with Gasteiger partial charge in [-0.1, -0.05) is 17.7 Å². The largest absolute Gasteiger partial charge is 0.382 e. The van der Waals surface area contributed by atoms with Crippen LogP contribution in [0.1, 0.15) is 28.8 Å². The zero-order valence-corrected chi connectivity index (χ0v) is 10.3. The second-order valence-electron chi connectivity index (χ2n) is 4.87. The van der Waals surface area contributed by atoms with Crippen LogP contribution in [0.25, 0.3) is 5.69 Å². The molecule has 2 N–H and O–H groups in total. The second kappa shape index (κ2) is 3.62. The van der Waals surface area contributed by atoms with E-state index in [1.807, 2.05) is 4.68 Å². The highest BCUT2D eigenvalue weighted by Gasteiger charge is 2.22. The topological polar surface area (TPSA) is 43.8 Å². The standard InChI is InChI=1S/C14H17N3/c1-9-6-7-12(10(2)8-9)17-13-5-3-4-11(13)14(15)16-17/h6-8H,3-5H2,1-2H3,(H2,15,16). The maximum absolute atomic E-state index is 5.98. The van der Waals surface area contributed by atoms with Crippen LogP contribution in [0.5, 0.6) is 0 Å². The normalized spacial score (nSPS) is 14.0. The van der Waals surface area contributed by atoms with E-state index in [0.717, 1.165) is 18.5 Å². The van der Waals surface area contributed by atoms with Crippen molar-refractivity contribution < 1.29 is 0 Å². The Balaban J connectivity index is 2.19. The summed E-state index contributed by atoms with van der Waals surface area (Å²) in [6, 6.07) is 6.45. The van der Waals surface area contributed by atoms with Crippen LogP contribution >= 0.6 is 0 Å². The minimum absolute atomic E-state index is 0.706. The van der Waals surface area contributed by atoms with Crippen molar-refractivity contribution in [3.8, 4) is 5.69 Å². The minimum atomic E-state index is 0.706. The molecule has 88 valence electrons. The molecule has 0 saturated carbocycles. The summed E-state index contributed by atoms with van der Waals surface area (Å²) in [5.74, 6) is 0.706. The molecule has 1 aromatic carbocycles. The Kier molecular flexibility index (Phi) is 2.21. The maximum atomic E-state index is 5.98. The highest BCUT2D eigenvalue weighted by atomic mass is 15.3. The Morgan fingerprint density at radius 1 is 1.24 bits per heavy atom. The van der Waals surface area contributed by atoms with Gasteiger partial charge in [0.2, 0.25) is 0 Å². The van der Waals surface area contributed by atoms with E-state index in [1.165, 1.54) is 28.8 Å². The van der Waals surface area contributed by atoms with Crippen LogP contribution in [-0.2, 0) is 12.8 Å². The first-order valence-corrected chi connectivity index (χ1v) is 6.10. The van der Waals surface area contributed by atoms with E-state index in [9.17, 15) is 0 Å². The molecule has 0 saturated heterocycles. The molecule has 3 heteroatoms. The first-order valence-electron chi connectivity index (χ1n) is 6.10. The smallest absolute Gasteiger partial charge is 0.149 e. The average Bonchev–Trinajstić information content (AvgIpc) is 2.84. The quantitative estimate of drug-likeness (QED) is 0.813. The van der Waals surface area contributed by atoms with Gasteiger partial charge in [0.15, 0.2) is 0 Å². The highest BCUT2D eigenvalue weighted by molar-refractivity contribution is 5.51. The molecule has 0 unspecified atom stereocenters. The lowest BCUT2D eigenvalue weighted by Gasteiger charge is -2.09. The predicted octanol–water partition coefficient (Wildman–Crippen LogP) is 2.56. The van der Waals surface area contributed by atoms with Crippen LogP contribution in [0.2, 0.25) is 0 Å². The number of fused-ring (bicyclic) bond motifs is 1. The zero-order valence-electron chi connectivity index (χ0n) is 10.3.